The Labute approximate surface area is 131 Å². The van der Waals surface area contributed by atoms with Gasteiger partial charge in [0, 0.05) is 20.0 Å². The van der Waals surface area contributed by atoms with Gasteiger partial charge >= 0.3 is 0 Å². The monoisotopic (exact) mass is 297 g/mol. The van der Waals surface area contributed by atoms with Crippen molar-refractivity contribution in [2.75, 3.05) is 40.3 Å². The predicted octanol–water partition coefficient (Wildman–Crippen LogP) is 2.19. The van der Waals surface area contributed by atoms with Crippen LogP contribution >= 0.6 is 0 Å². The molecule has 4 nitrogen and oxygen atoms in total. The van der Waals surface area contributed by atoms with Gasteiger partial charge in [0.1, 0.15) is 0 Å². The highest BCUT2D eigenvalue weighted by Gasteiger charge is 2.21. The summed E-state index contributed by atoms with van der Waals surface area (Å²) in [5.74, 6) is 2.17. The van der Waals surface area contributed by atoms with Crippen LogP contribution in [0.1, 0.15) is 46.0 Å². The first-order valence-electron chi connectivity index (χ1n) is 8.56. The molecule has 1 atom stereocenters. The van der Waals surface area contributed by atoms with Crippen molar-refractivity contribution in [2.45, 2.75) is 46.0 Å². The number of rotatable bonds is 8. The Morgan fingerprint density at radius 2 is 1.90 bits per heavy atom. The molecule has 0 aliphatic carbocycles. The Morgan fingerprint density at radius 1 is 1.29 bits per heavy atom. The van der Waals surface area contributed by atoms with Gasteiger partial charge < -0.3 is 15.5 Å². The third-order valence-corrected chi connectivity index (χ3v) is 5.01. The minimum atomic E-state index is 0.302. The molecule has 0 radical (unpaired) electrons. The van der Waals surface area contributed by atoms with E-state index in [2.05, 4.69) is 25.8 Å². The number of carbonyl (C=O) groups excluding carboxylic acids is 1. The second-order valence-electron chi connectivity index (χ2n) is 7.14. The van der Waals surface area contributed by atoms with Crippen molar-refractivity contribution in [3.05, 3.63) is 0 Å². The summed E-state index contributed by atoms with van der Waals surface area (Å²) in [5, 5.41) is 0. The summed E-state index contributed by atoms with van der Waals surface area (Å²) in [6.07, 6.45) is 5.12. The van der Waals surface area contributed by atoms with Crippen molar-refractivity contribution in [1.29, 1.82) is 0 Å². The number of hydrogen-bond acceptors (Lipinski definition) is 3. The third kappa shape index (κ3) is 6.79. The fourth-order valence-electron chi connectivity index (χ4n) is 3.26. The summed E-state index contributed by atoms with van der Waals surface area (Å²) < 4.78 is 0. The highest BCUT2D eigenvalue weighted by Crippen LogP contribution is 2.22. The minimum Gasteiger partial charge on any atom is -0.345 e. The lowest BCUT2D eigenvalue weighted by Crippen LogP contribution is -2.38. The number of carbonyl (C=O) groups is 1. The summed E-state index contributed by atoms with van der Waals surface area (Å²) >= 11 is 0. The molecule has 1 unspecified atom stereocenters. The molecule has 1 rings (SSSR count). The Hall–Kier alpha value is -0.610. The summed E-state index contributed by atoms with van der Waals surface area (Å²) in [7, 11) is 4.14. The second-order valence-corrected chi connectivity index (χ2v) is 7.14. The Kier molecular flexibility index (Phi) is 8.27. The molecule has 1 amide bonds. The average molecular weight is 297 g/mol. The summed E-state index contributed by atoms with van der Waals surface area (Å²) in [5.41, 5.74) is 5.67. The van der Waals surface area contributed by atoms with Crippen LogP contribution in [-0.2, 0) is 4.79 Å². The molecule has 1 saturated heterocycles. The van der Waals surface area contributed by atoms with E-state index in [1.807, 2.05) is 11.9 Å². The van der Waals surface area contributed by atoms with Gasteiger partial charge in [0.15, 0.2) is 0 Å². The third-order valence-electron chi connectivity index (χ3n) is 5.01. The maximum Gasteiger partial charge on any atom is 0.222 e. The smallest absolute Gasteiger partial charge is 0.222 e. The van der Waals surface area contributed by atoms with Crippen molar-refractivity contribution in [2.24, 2.45) is 23.5 Å². The van der Waals surface area contributed by atoms with Crippen LogP contribution in [0.15, 0.2) is 0 Å². The molecule has 0 saturated carbocycles. The van der Waals surface area contributed by atoms with Crippen LogP contribution in [0.3, 0.4) is 0 Å². The number of nitrogens with zero attached hydrogens (tertiary/aromatic N) is 2. The van der Waals surface area contributed by atoms with Crippen molar-refractivity contribution < 1.29 is 4.79 Å². The van der Waals surface area contributed by atoms with Gasteiger partial charge in [-0.1, -0.05) is 13.8 Å². The molecule has 1 fully saturated rings. The van der Waals surface area contributed by atoms with Crippen LogP contribution in [0.5, 0.6) is 0 Å². The number of piperidine rings is 1. The molecule has 1 heterocycles. The molecule has 0 aromatic rings. The van der Waals surface area contributed by atoms with E-state index in [4.69, 9.17) is 5.73 Å². The van der Waals surface area contributed by atoms with Gasteiger partial charge in [-0.3, -0.25) is 4.79 Å². The van der Waals surface area contributed by atoms with Gasteiger partial charge in [0.2, 0.25) is 5.91 Å². The molecule has 0 bridgehead atoms. The summed E-state index contributed by atoms with van der Waals surface area (Å²) in [4.78, 5) is 16.6. The maximum absolute atomic E-state index is 12.3. The fourth-order valence-corrected chi connectivity index (χ4v) is 3.26. The van der Waals surface area contributed by atoms with Gasteiger partial charge in [0.05, 0.1) is 0 Å². The van der Waals surface area contributed by atoms with Gasteiger partial charge in [-0.05, 0) is 70.1 Å². The molecular formula is C17H35N3O. The number of nitrogens with two attached hydrogens (primary N) is 1. The average Bonchev–Trinajstić information content (AvgIpc) is 2.45. The van der Waals surface area contributed by atoms with Crippen molar-refractivity contribution in [3.8, 4) is 0 Å². The SMILES string of the molecule is CC(C)C(CCN)CCC(=O)N(C)CC1CCN(C)CC1. The first kappa shape index (κ1) is 18.4. The van der Waals surface area contributed by atoms with E-state index in [-0.39, 0.29) is 0 Å². The molecule has 1 aliphatic rings. The molecular weight excluding hydrogens is 262 g/mol. The van der Waals surface area contributed by atoms with E-state index in [0.717, 1.165) is 25.9 Å². The predicted molar refractivity (Wildman–Crippen MR) is 89.1 cm³/mol. The van der Waals surface area contributed by atoms with Crippen molar-refractivity contribution >= 4 is 5.91 Å². The maximum atomic E-state index is 12.3. The van der Waals surface area contributed by atoms with Crippen LogP contribution in [0.2, 0.25) is 0 Å². The number of likely N-dealkylation sites (tertiary alicyclic amines) is 1. The quantitative estimate of drug-likeness (QED) is 0.747. The molecule has 21 heavy (non-hydrogen) atoms. The van der Waals surface area contributed by atoms with E-state index in [1.165, 1.54) is 25.9 Å². The number of hydrogen-bond donors (Lipinski definition) is 1. The molecule has 0 spiro atoms. The first-order valence-corrected chi connectivity index (χ1v) is 8.56. The van der Waals surface area contributed by atoms with E-state index in [9.17, 15) is 4.79 Å². The summed E-state index contributed by atoms with van der Waals surface area (Å²) in [6.45, 7) is 8.44. The standard InChI is InChI=1S/C17H35N3O/c1-14(2)16(7-10-18)5-6-17(21)20(4)13-15-8-11-19(3)12-9-15/h14-16H,5-13,18H2,1-4H3. The molecule has 0 aromatic carbocycles. The lowest BCUT2D eigenvalue weighted by Gasteiger charge is -2.32. The second kappa shape index (κ2) is 9.42. The van der Waals surface area contributed by atoms with Crippen LogP contribution < -0.4 is 5.73 Å². The minimum absolute atomic E-state index is 0.302. The van der Waals surface area contributed by atoms with Gasteiger partial charge in [-0.25, -0.2) is 0 Å². The van der Waals surface area contributed by atoms with E-state index < -0.39 is 0 Å². The number of amides is 1. The molecule has 124 valence electrons. The lowest BCUT2D eigenvalue weighted by atomic mass is 9.88. The Balaban J connectivity index is 2.30. The molecule has 0 aromatic heterocycles. The highest BCUT2D eigenvalue weighted by atomic mass is 16.2. The molecule has 4 heteroatoms. The van der Waals surface area contributed by atoms with Crippen molar-refractivity contribution in [3.63, 3.8) is 0 Å². The largest absolute Gasteiger partial charge is 0.345 e. The molecule has 2 N–H and O–H groups in total. The first-order chi connectivity index (χ1) is 9.93. The van der Waals surface area contributed by atoms with Crippen LogP contribution in [0.25, 0.3) is 0 Å². The van der Waals surface area contributed by atoms with E-state index >= 15 is 0 Å². The fraction of sp³-hybridized carbons (Fsp3) is 0.941. The normalized spacial score (nSPS) is 19.0. The Morgan fingerprint density at radius 3 is 2.43 bits per heavy atom. The van der Waals surface area contributed by atoms with Crippen LogP contribution in [-0.4, -0.2) is 56.0 Å². The summed E-state index contributed by atoms with van der Waals surface area (Å²) in [6, 6.07) is 0. The zero-order valence-electron chi connectivity index (χ0n) is 14.5. The van der Waals surface area contributed by atoms with Crippen LogP contribution in [0.4, 0.5) is 0 Å². The van der Waals surface area contributed by atoms with Crippen molar-refractivity contribution in [1.82, 2.24) is 9.80 Å². The van der Waals surface area contributed by atoms with E-state index in [0.29, 0.717) is 30.1 Å². The van der Waals surface area contributed by atoms with Gasteiger partial charge in [-0.2, -0.15) is 0 Å². The van der Waals surface area contributed by atoms with Crippen LogP contribution in [0, 0.1) is 17.8 Å². The zero-order valence-corrected chi connectivity index (χ0v) is 14.5. The topological polar surface area (TPSA) is 49.6 Å². The van der Waals surface area contributed by atoms with Gasteiger partial charge in [-0.15, -0.1) is 0 Å². The van der Waals surface area contributed by atoms with E-state index in [1.54, 1.807) is 0 Å². The highest BCUT2D eigenvalue weighted by molar-refractivity contribution is 5.75. The zero-order chi connectivity index (χ0) is 15.8. The molecule has 1 aliphatic heterocycles. The van der Waals surface area contributed by atoms with Gasteiger partial charge in [0.25, 0.3) is 0 Å². The Bertz CT molecular complexity index is 298. The lowest BCUT2D eigenvalue weighted by molar-refractivity contribution is -0.131.